The summed E-state index contributed by atoms with van der Waals surface area (Å²) in [6.07, 6.45) is 4.01. The summed E-state index contributed by atoms with van der Waals surface area (Å²) in [7, 11) is 3.20. The molecule has 1 N–H and O–H groups in total. The maximum Gasteiger partial charge on any atom is 0.387 e. The number of ether oxygens (including phenoxy) is 3. The molecule has 0 saturated heterocycles. The predicted molar refractivity (Wildman–Crippen MR) is 115 cm³/mol. The molecular formula is C22H21F2N5O3. The normalized spacial score (nSPS) is 11.0. The Morgan fingerprint density at radius 2 is 1.75 bits per heavy atom. The SMILES string of the molecule is COc1ccc(CCNc2cncc3nnc(-c4ccc(OC(F)F)cc4)n23)cc1OC. The monoisotopic (exact) mass is 441 g/mol. The highest BCUT2D eigenvalue weighted by Crippen LogP contribution is 2.28. The molecule has 2 aromatic heterocycles. The minimum absolute atomic E-state index is 0.0764. The summed E-state index contributed by atoms with van der Waals surface area (Å²) in [5, 5.41) is 11.8. The summed E-state index contributed by atoms with van der Waals surface area (Å²) in [6, 6.07) is 12.0. The highest BCUT2D eigenvalue weighted by atomic mass is 19.3. The number of rotatable bonds is 9. The lowest BCUT2D eigenvalue weighted by Crippen LogP contribution is -2.09. The number of nitrogens with zero attached hydrogens (tertiary/aromatic N) is 4. The molecular weight excluding hydrogens is 420 g/mol. The van der Waals surface area contributed by atoms with Crippen LogP contribution in [0.4, 0.5) is 14.6 Å². The molecule has 0 amide bonds. The molecule has 0 spiro atoms. The van der Waals surface area contributed by atoms with E-state index >= 15 is 0 Å². The molecule has 0 radical (unpaired) electrons. The summed E-state index contributed by atoms with van der Waals surface area (Å²) in [5.41, 5.74) is 2.34. The molecule has 4 rings (SSSR count). The van der Waals surface area contributed by atoms with Crippen molar-refractivity contribution >= 4 is 11.5 Å². The minimum atomic E-state index is -2.87. The number of alkyl halides is 2. The third-order valence-electron chi connectivity index (χ3n) is 4.82. The van der Waals surface area contributed by atoms with E-state index in [9.17, 15) is 8.78 Å². The van der Waals surface area contributed by atoms with E-state index in [1.54, 1.807) is 38.7 Å². The number of hydrogen-bond donors (Lipinski definition) is 1. The van der Waals surface area contributed by atoms with E-state index in [0.717, 1.165) is 12.0 Å². The van der Waals surface area contributed by atoms with Crippen molar-refractivity contribution in [3.63, 3.8) is 0 Å². The van der Waals surface area contributed by atoms with E-state index in [1.807, 2.05) is 22.6 Å². The fraction of sp³-hybridized carbons (Fsp3) is 0.227. The van der Waals surface area contributed by atoms with E-state index in [2.05, 4.69) is 25.2 Å². The Kier molecular flexibility index (Phi) is 6.29. The molecule has 0 fully saturated rings. The molecule has 4 aromatic rings. The highest BCUT2D eigenvalue weighted by Gasteiger charge is 2.13. The number of anilines is 1. The van der Waals surface area contributed by atoms with E-state index in [1.165, 1.54) is 12.1 Å². The number of benzene rings is 2. The van der Waals surface area contributed by atoms with E-state index in [-0.39, 0.29) is 5.75 Å². The van der Waals surface area contributed by atoms with Gasteiger partial charge in [-0.1, -0.05) is 6.07 Å². The van der Waals surface area contributed by atoms with Crippen LogP contribution in [0.25, 0.3) is 17.0 Å². The Morgan fingerprint density at radius 3 is 2.47 bits per heavy atom. The van der Waals surface area contributed by atoms with Crippen LogP contribution in [0, 0.1) is 0 Å². The molecule has 32 heavy (non-hydrogen) atoms. The van der Waals surface area contributed by atoms with Crippen LogP contribution in [0.1, 0.15) is 5.56 Å². The minimum Gasteiger partial charge on any atom is -0.493 e. The van der Waals surface area contributed by atoms with Crippen LogP contribution < -0.4 is 19.5 Å². The van der Waals surface area contributed by atoms with Crippen molar-refractivity contribution in [2.45, 2.75) is 13.0 Å². The summed E-state index contributed by atoms with van der Waals surface area (Å²) >= 11 is 0. The lowest BCUT2D eigenvalue weighted by Gasteiger charge is -2.12. The summed E-state index contributed by atoms with van der Waals surface area (Å²) in [5.74, 6) is 2.69. The van der Waals surface area contributed by atoms with Crippen LogP contribution >= 0.6 is 0 Å². The zero-order valence-corrected chi connectivity index (χ0v) is 17.5. The van der Waals surface area contributed by atoms with Crippen molar-refractivity contribution in [2.75, 3.05) is 26.1 Å². The average Bonchev–Trinajstić information content (AvgIpc) is 3.24. The Balaban J connectivity index is 1.53. The van der Waals surface area contributed by atoms with Gasteiger partial charge in [-0.3, -0.25) is 9.38 Å². The predicted octanol–water partition coefficient (Wildman–Crippen LogP) is 4.06. The fourth-order valence-corrected chi connectivity index (χ4v) is 3.32. The second-order valence-corrected chi connectivity index (χ2v) is 6.78. The standard InChI is InChI=1S/C22H21F2N5O3/c1-30-17-8-3-14(11-18(17)31-2)9-10-26-19-12-25-13-20-27-28-21(29(19)20)15-4-6-16(7-5-15)32-22(23)24/h3-8,11-13,22,26H,9-10H2,1-2H3. The van der Waals surface area contributed by atoms with E-state index in [4.69, 9.17) is 9.47 Å². The molecule has 0 saturated carbocycles. The van der Waals surface area contributed by atoms with Gasteiger partial charge >= 0.3 is 6.61 Å². The van der Waals surface area contributed by atoms with Gasteiger partial charge < -0.3 is 19.5 Å². The molecule has 0 aliphatic rings. The Hall–Kier alpha value is -3.95. The van der Waals surface area contributed by atoms with E-state index < -0.39 is 6.61 Å². The molecule has 2 aromatic carbocycles. The molecule has 0 unspecified atom stereocenters. The van der Waals surface area contributed by atoms with Crippen molar-refractivity contribution < 1.29 is 23.0 Å². The number of nitrogens with one attached hydrogen (secondary N) is 1. The van der Waals surface area contributed by atoms with Gasteiger partial charge in [0, 0.05) is 12.1 Å². The summed E-state index contributed by atoms with van der Waals surface area (Å²) in [4.78, 5) is 4.22. The van der Waals surface area contributed by atoms with Gasteiger partial charge in [0.05, 0.1) is 26.6 Å². The van der Waals surface area contributed by atoms with Crippen molar-refractivity contribution in [3.05, 3.63) is 60.4 Å². The topological polar surface area (TPSA) is 82.8 Å². The first-order valence-electron chi connectivity index (χ1n) is 9.78. The average molecular weight is 441 g/mol. The smallest absolute Gasteiger partial charge is 0.387 e. The van der Waals surface area contributed by atoms with Gasteiger partial charge in [-0.25, -0.2) is 0 Å². The fourth-order valence-electron chi connectivity index (χ4n) is 3.32. The first-order chi connectivity index (χ1) is 15.6. The summed E-state index contributed by atoms with van der Waals surface area (Å²) in [6.45, 7) is -2.25. The zero-order valence-electron chi connectivity index (χ0n) is 17.5. The van der Waals surface area contributed by atoms with Crippen molar-refractivity contribution in [1.82, 2.24) is 19.6 Å². The first-order valence-corrected chi connectivity index (χ1v) is 9.78. The van der Waals surface area contributed by atoms with Crippen LogP contribution in [0.3, 0.4) is 0 Å². The number of halogens is 2. The number of methoxy groups -OCH3 is 2. The molecule has 166 valence electrons. The van der Waals surface area contributed by atoms with Crippen LogP contribution in [0.5, 0.6) is 17.2 Å². The third-order valence-corrected chi connectivity index (χ3v) is 4.82. The lowest BCUT2D eigenvalue weighted by atomic mass is 10.1. The van der Waals surface area contributed by atoms with Gasteiger partial charge in [-0.2, -0.15) is 8.78 Å². The number of hydrogen-bond acceptors (Lipinski definition) is 7. The largest absolute Gasteiger partial charge is 0.493 e. The van der Waals surface area contributed by atoms with Crippen LogP contribution in [0.2, 0.25) is 0 Å². The second-order valence-electron chi connectivity index (χ2n) is 6.78. The maximum absolute atomic E-state index is 12.4. The van der Waals surface area contributed by atoms with Gasteiger partial charge in [0.1, 0.15) is 11.6 Å². The molecule has 2 heterocycles. The first kappa shape index (κ1) is 21.3. The van der Waals surface area contributed by atoms with Gasteiger partial charge in [0.15, 0.2) is 23.0 Å². The summed E-state index contributed by atoms with van der Waals surface area (Å²) < 4.78 is 41.7. The van der Waals surface area contributed by atoms with Crippen molar-refractivity contribution in [2.24, 2.45) is 0 Å². The van der Waals surface area contributed by atoms with Crippen LogP contribution in [-0.2, 0) is 6.42 Å². The molecule has 10 heteroatoms. The van der Waals surface area contributed by atoms with Gasteiger partial charge in [0.25, 0.3) is 0 Å². The van der Waals surface area contributed by atoms with E-state index in [0.29, 0.717) is 40.9 Å². The van der Waals surface area contributed by atoms with Gasteiger partial charge in [-0.15, -0.1) is 10.2 Å². The lowest BCUT2D eigenvalue weighted by molar-refractivity contribution is -0.0498. The molecule has 0 bridgehead atoms. The zero-order chi connectivity index (χ0) is 22.5. The molecule has 0 aliphatic heterocycles. The van der Waals surface area contributed by atoms with Gasteiger partial charge in [0.2, 0.25) is 0 Å². The second kappa shape index (κ2) is 9.46. The van der Waals surface area contributed by atoms with Crippen molar-refractivity contribution in [3.8, 4) is 28.6 Å². The Morgan fingerprint density at radius 1 is 0.969 bits per heavy atom. The number of aromatic nitrogens is 4. The van der Waals surface area contributed by atoms with Crippen molar-refractivity contribution in [1.29, 1.82) is 0 Å². The van der Waals surface area contributed by atoms with Gasteiger partial charge in [-0.05, 0) is 48.4 Å². The Bertz CT molecular complexity index is 1200. The van der Waals surface area contributed by atoms with Crippen LogP contribution in [0.15, 0.2) is 54.9 Å². The number of fused-ring (bicyclic) bond motifs is 1. The third kappa shape index (κ3) is 4.53. The molecule has 0 atom stereocenters. The Labute approximate surface area is 182 Å². The van der Waals surface area contributed by atoms with Crippen LogP contribution in [-0.4, -0.2) is 47.0 Å². The molecule has 8 nitrogen and oxygen atoms in total. The molecule has 0 aliphatic carbocycles. The highest BCUT2D eigenvalue weighted by molar-refractivity contribution is 5.63. The quantitative estimate of drug-likeness (QED) is 0.419. The maximum atomic E-state index is 12.4.